The van der Waals surface area contributed by atoms with Crippen molar-refractivity contribution in [2.24, 2.45) is 0 Å². The van der Waals surface area contributed by atoms with Crippen LogP contribution in [-0.2, 0) is 4.79 Å². The number of ketones is 1. The van der Waals surface area contributed by atoms with Crippen LogP contribution in [-0.4, -0.2) is 35.2 Å². The molecule has 1 saturated heterocycles. The van der Waals surface area contributed by atoms with Gasteiger partial charge in [0.15, 0.2) is 5.78 Å². The van der Waals surface area contributed by atoms with E-state index in [9.17, 15) is 18.8 Å². The van der Waals surface area contributed by atoms with Gasteiger partial charge >= 0.3 is 6.03 Å². The van der Waals surface area contributed by atoms with E-state index in [0.717, 1.165) is 0 Å². The van der Waals surface area contributed by atoms with Crippen molar-refractivity contribution in [2.75, 3.05) is 17.2 Å². The second kappa shape index (κ2) is 7.99. The molecule has 3 amide bonds. The number of rotatable bonds is 4. The van der Waals surface area contributed by atoms with Crippen LogP contribution in [0.3, 0.4) is 0 Å². The summed E-state index contributed by atoms with van der Waals surface area (Å²) >= 11 is 0. The van der Waals surface area contributed by atoms with Crippen LogP contribution in [0.1, 0.15) is 30.1 Å². The summed E-state index contributed by atoms with van der Waals surface area (Å²) in [6.07, 6.45) is 1.23. The smallest absolute Gasteiger partial charge is 0.322 e. The molecule has 0 saturated carbocycles. The number of carbonyl (C=O) groups is 3. The quantitative estimate of drug-likeness (QED) is 0.807. The number of benzene rings is 2. The van der Waals surface area contributed by atoms with Gasteiger partial charge in [-0.15, -0.1) is 0 Å². The van der Waals surface area contributed by atoms with Crippen molar-refractivity contribution >= 4 is 29.1 Å². The van der Waals surface area contributed by atoms with E-state index in [1.165, 1.54) is 30.0 Å². The topological polar surface area (TPSA) is 78.5 Å². The molecule has 0 bridgehead atoms. The van der Waals surface area contributed by atoms with Crippen LogP contribution in [0.25, 0.3) is 0 Å². The van der Waals surface area contributed by atoms with Gasteiger partial charge in [0.25, 0.3) is 0 Å². The largest absolute Gasteiger partial charge is 0.324 e. The zero-order valence-corrected chi connectivity index (χ0v) is 14.9. The number of carbonyl (C=O) groups excluding carboxylic acids is 3. The number of nitrogens with zero attached hydrogens (tertiary/aromatic N) is 1. The molecular weight excluding hydrogens is 349 g/mol. The minimum Gasteiger partial charge on any atom is -0.324 e. The highest BCUT2D eigenvalue weighted by molar-refractivity contribution is 6.00. The van der Waals surface area contributed by atoms with Gasteiger partial charge in [-0.05, 0) is 50.1 Å². The summed E-state index contributed by atoms with van der Waals surface area (Å²) in [5.74, 6) is -0.899. The Morgan fingerprint density at radius 3 is 2.44 bits per heavy atom. The molecule has 1 aliphatic rings. The summed E-state index contributed by atoms with van der Waals surface area (Å²) in [5, 5.41) is 5.38. The van der Waals surface area contributed by atoms with Gasteiger partial charge in [-0.1, -0.05) is 18.2 Å². The Morgan fingerprint density at radius 1 is 1.04 bits per heavy atom. The fourth-order valence-electron chi connectivity index (χ4n) is 3.09. The maximum absolute atomic E-state index is 13.3. The first-order valence-electron chi connectivity index (χ1n) is 8.69. The predicted molar refractivity (Wildman–Crippen MR) is 100 cm³/mol. The van der Waals surface area contributed by atoms with Gasteiger partial charge in [-0.3, -0.25) is 9.59 Å². The summed E-state index contributed by atoms with van der Waals surface area (Å²) in [5.41, 5.74) is 1.33. The van der Waals surface area contributed by atoms with Crippen molar-refractivity contribution in [3.63, 3.8) is 0 Å². The normalized spacial score (nSPS) is 16.1. The Labute approximate surface area is 156 Å². The average molecular weight is 369 g/mol. The Morgan fingerprint density at radius 2 is 1.74 bits per heavy atom. The van der Waals surface area contributed by atoms with Gasteiger partial charge in [-0.2, -0.15) is 0 Å². The average Bonchev–Trinajstić information content (AvgIpc) is 3.12. The lowest BCUT2D eigenvalue weighted by Crippen LogP contribution is -2.45. The Bertz CT molecular complexity index is 884. The highest BCUT2D eigenvalue weighted by Crippen LogP contribution is 2.21. The molecule has 0 radical (unpaired) electrons. The molecule has 1 heterocycles. The maximum Gasteiger partial charge on any atom is 0.322 e. The van der Waals surface area contributed by atoms with Gasteiger partial charge in [0.05, 0.1) is 0 Å². The highest BCUT2D eigenvalue weighted by Gasteiger charge is 2.34. The van der Waals surface area contributed by atoms with Crippen molar-refractivity contribution in [2.45, 2.75) is 25.8 Å². The molecule has 1 unspecified atom stereocenters. The molecule has 6 nitrogen and oxygen atoms in total. The zero-order valence-electron chi connectivity index (χ0n) is 14.9. The van der Waals surface area contributed by atoms with Crippen LogP contribution in [0.15, 0.2) is 48.5 Å². The summed E-state index contributed by atoms with van der Waals surface area (Å²) in [4.78, 5) is 38.1. The fourth-order valence-corrected chi connectivity index (χ4v) is 3.09. The third-order valence-corrected chi connectivity index (χ3v) is 4.43. The zero-order chi connectivity index (χ0) is 19.4. The van der Waals surface area contributed by atoms with Crippen LogP contribution in [0.2, 0.25) is 0 Å². The standard InChI is InChI=1S/C20H20FN3O3/c1-13(25)14-5-2-7-16(11-14)23-20(27)24-10-4-9-18(24)19(26)22-17-8-3-6-15(21)12-17/h2-3,5-8,11-12,18H,4,9-10H2,1H3,(H,22,26)(H,23,27). The van der Waals surface area contributed by atoms with E-state index in [2.05, 4.69) is 10.6 Å². The first kappa shape index (κ1) is 18.6. The van der Waals surface area contributed by atoms with Crippen molar-refractivity contribution in [1.29, 1.82) is 0 Å². The second-order valence-corrected chi connectivity index (χ2v) is 6.42. The molecule has 2 N–H and O–H groups in total. The second-order valence-electron chi connectivity index (χ2n) is 6.42. The number of likely N-dealkylation sites (tertiary alicyclic amines) is 1. The number of hydrogen-bond acceptors (Lipinski definition) is 3. The van der Waals surface area contributed by atoms with Crippen molar-refractivity contribution < 1.29 is 18.8 Å². The molecule has 2 aromatic rings. The number of urea groups is 1. The van der Waals surface area contributed by atoms with Crippen LogP contribution in [0, 0.1) is 5.82 Å². The molecular formula is C20H20FN3O3. The number of halogens is 1. The van der Waals surface area contributed by atoms with Gasteiger partial charge in [0.2, 0.25) is 5.91 Å². The molecule has 0 spiro atoms. The molecule has 140 valence electrons. The van der Waals surface area contributed by atoms with E-state index < -0.39 is 17.9 Å². The Kier molecular flexibility index (Phi) is 5.49. The fraction of sp³-hybridized carbons (Fsp3) is 0.250. The minimum absolute atomic E-state index is 0.0976. The molecule has 1 atom stereocenters. The van der Waals surface area contributed by atoms with Crippen LogP contribution < -0.4 is 10.6 Å². The Balaban J connectivity index is 1.68. The molecule has 7 heteroatoms. The minimum atomic E-state index is -0.635. The monoisotopic (exact) mass is 369 g/mol. The van der Waals surface area contributed by atoms with Crippen LogP contribution in [0.5, 0.6) is 0 Å². The summed E-state index contributed by atoms with van der Waals surface area (Å²) in [6, 6.07) is 11.2. The summed E-state index contributed by atoms with van der Waals surface area (Å²) in [7, 11) is 0. The van der Waals surface area contributed by atoms with Gasteiger partial charge in [0, 0.05) is 23.5 Å². The molecule has 1 fully saturated rings. The van der Waals surface area contributed by atoms with Crippen molar-refractivity contribution in [3.05, 3.63) is 59.9 Å². The molecule has 2 aromatic carbocycles. The van der Waals surface area contributed by atoms with Gasteiger partial charge in [0.1, 0.15) is 11.9 Å². The van der Waals surface area contributed by atoms with E-state index in [-0.39, 0.29) is 11.7 Å². The number of Topliss-reactive ketones (excluding diaryl/α,β-unsaturated/α-hetero) is 1. The predicted octanol–water partition coefficient (Wildman–Crippen LogP) is 3.66. The first-order valence-corrected chi connectivity index (χ1v) is 8.69. The molecule has 0 aliphatic carbocycles. The molecule has 0 aromatic heterocycles. The van der Waals surface area contributed by atoms with E-state index in [0.29, 0.717) is 36.3 Å². The SMILES string of the molecule is CC(=O)c1cccc(NC(=O)N2CCCC2C(=O)Nc2cccc(F)c2)c1. The van der Waals surface area contributed by atoms with Gasteiger partial charge in [-0.25, -0.2) is 9.18 Å². The maximum atomic E-state index is 13.3. The van der Waals surface area contributed by atoms with Crippen LogP contribution >= 0.6 is 0 Å². The summed E-state index contributed by atoms with van der Waals surface area (Å²) < 4.78 is 13.3. The van der Waals surface area contributed by atoms with E-state index in [4.69, 9.17) is 0 Å². The molecule has 1 aliphatic heterocycles. The van der Waals surface area contributed by atoms with Crippen molar-refractivity contribution in [1.82, 2.24) is 4.90 Å². The first-order chi connectivity index (χ1) is 12.9. The number of amides is 3. The third kappa shape index (κ3) is 4.49. The van der Waals surface area contributed by atoms with Crippen molar-refractivity contribution in [3.8, 4) is 0 Å². The van der Waals surface area contributed by atoms with E-state index >= 15 is 0 Å². The van der Waals surface area contributed by atoms with E-state index in [1.807, 2.05) is 0 Å². The number of nitrogens with one attached hydrogen (secondary N) is 2. The lowest BCUT2D eigenvalue weighted by atomic mass is 10.1. The summed E-state index contributed by atoms with van der Waals surface area (Å²) in [6.45, 7) is 1.90. The molecule has 3 rings (SSSR count). The number of anilines is 2. The van der Waals surface area contributed by atoms with E-state index in [1.54, 1.807) is 30.3 Å². The third-order valence-electron chi connectivity index (χ3n) is 4.43. The van der Waals surface area contributed by atoms with Crippen LogP contribution in [0.4, 0.5) is 20.6 Å². The lowest BCUT2D eigenvalue weighted by molar-refractivity contribution is -0.119. The van der Waals surface area contributed by atoms with Gasteiger partial charge < -0.3 is 15.5 Å². The number of hydrogen-bond donors (Lipinski definition) is 2. The Hall–Kier alpha value is -3.22. The highest BCUT2D eigenvalue weighted by atomic mass is 19.1. The molecule has 27 heavy (non-hydrogen) atoms. The lowest BCUT2D eigenvalue weighted by Gasteiger charge is -2.24.